The van der Waals surface area contributed by atoms with Gasteiger partial charge in [0.05, 0.1) is 0 Å². The molecule has 0 fully saturated rings. The molecular weight excluding hydrogens is 319 g/mol. The van der Waals surface area contributed by atoms with E-state index in [2.05, 4.69) is 28.1 Å². The average molecular weight is 335 g/mol. The zero-order valence-corrected chi connectivity index (χ0v) is 12.6. The second-order valence-corrected chi connectivity index (χ2v) is 6.26. The zero-order chi connectivity index (χ0) is 13.9. The minimum Gasteiger partial charge on any atom is -0.490 e. The van der Waals surface area contributed by atoms with Crippen molar-refractivity contribution in [3.63, 3.8) is 0 Å². The number of ether oxygens (including phenoxy) is 1. The van der Waals surface area contributed by atoms with Crippen molar-refractivity contribution >= 4 is 15.9 Å². The summed E-state index contributed by atoms with van der Waals surface area (Å²) in [5.74, 6) is 0.651. The van der Waals surface area contributed by atoms with Gasteiger partial charge < -0.3 is 4.74 Å². The predicted octanol–water partition coefficient (Wildman–Crippen LogP) is 5.05. The monoisotopic (exact) mass is 334 g/mol. The Kier molecular flexibility index (Phi) is 4.06. The highest BCUT2D eigenvalue weighted by Crippen LogP contribution is 2.34. The van der Waals surface area contributed by atoms with Crippen LogP contribution in [0.2, 0.25) is 0 Å². The van der Waals surface area contributed by atoms with Gasteiger partial charge in [0.2, 0.25) is 0 Å². The summed E-state index contributed by atoms with van der Waals surface area (Å²) in [6, 6.07) is 15.1. The van der Waals surface area contributed by atoms with Crippen molar-refractivity contribution in [3.8, 4) is 5.75 Å². The van der Waals surface area contributed by atoms with Crippen molar-refractivity contribution in [2.75, 3.05) is 0 Å². The second kappa shape index (κ2) is 5.96. The van der Waals surface area contributed by atoms with Crippen LogP contribution in [-0.4, -0.2) is 6.10 Å². The Morgan fingerprint density at radius 1 is 1.20 bits per heavy atom. The molecular formula is C17H16BrFO. The molecule has 2 aromatic rings. The fourth-order valence-corrected chi connectivity index (χ4v) is 3.18. The van der Waals surface area contributed by atoms with E-state index in [1.807, 2.05) is 18.2 Å². The number of hydrogen-bond acceptors (Lipinski definition) is 1. The van der Waals surface area contributed by atoms with Crippen LogP contribution in [0, 0.1) is 5.82 Å². The highest BCUT2D eigenvalue weighted by Gasteiger charge is 2.23. The lowest BCUT2D eigenvalue weighted by molar-refractivity contribution is 0.218. The lowest BCUT2D eigenvalue weighted by atomic mass is 10.0. The molecule has 0 bridgehead atoms. The van der Waals surface area contributed by atoms with E-state index in [1.165, 1.54) is 11.6 Å². The minimum atomic E-state index is -0.185. The summed E-state index contributed by atoms with van der Waals surface area (Å²) in [6.45, 7) is 0. The van der Waals surface area contributed by atoms with Gasteiger partial charge in [-0.15, -0.1) is 0 Å². The van der Waals surface area contributed by atoms with E-state index in [0.29, 0.717) is 4.83 Å². The quantitative estimate of drug-likeness (QED) is 0.711. The molecule has 1 heterocycles. The van der Waals surface area contributed by atoms with E-state index in [0.717, 1.165) is 30.6 Å². The van der Waals surface area contributed by atoms with E-state index >= 15 is 0 Å². The number of rotatable bonds is 4. The number of hydrogen-bond donors (Lipinski definition) is 0. The van der Waals surface area contributed by atoms with Gasteiger partial charge in [-0.25, -0.2) is 4.39 Å². The van der Waals surface area contributed by atoms with Crippen LogP contribution in [0.15, 0.2) is 48.5 Å². The van der Waals surface area contributed by atoms with Crippen LogP contribution in [0.25, 0.3) is 0 Å². The van der Waals surface area contributed by atoms with Gasteiger partial charge in [0.15, 0.2) is 0 Å². The summed E-state index contributed by atoms with van der Waals surface area (Å²) in [6.07, 6.45) is 2.93. The second-order valence-electron chi connectivity index (χ2n) is 5.15. The van der Waals surface area contributed by atoms with E-state index in [9.17, 15) is 4.39 Å². The molecule has 1 aliphatic rings. The standard InChI is InChI=1S/C17H16BrFO/c18-16(12-4-2-1-3-5-12)8-7-15-11-13-10-14(19)6-9-17(13)20-15/h1-6,9-10,15-16H,7-8,11H2. The maximum Gasteiger partial charge on any atom is 0.123 e. The molecule has 2 aromatic carbocycles. The lowest BCUT2D eigenvalue weighted by Crippen LogP contribution is -2.13. The molecule has 0 radical (unpaired) electrons. The maximum atomic E-state index is 13.2. The third-order valence-corrected chi connectivity index (χ3v) is 4.65. The summed E-state index contributed by atoms with van der Waals surface area (Å²) in [4.78, 5) is 0.341. The zero-order valence-electron chi connectivity index (χ0n) is 11.1. The Morgan fingerprint density at radius 2 is 2.00 bits per heavy atom. The van der Waals surface area contributed by atoms with E-state index < -0.39 is 0 Å². The van der Waals surface area contributed by atoms with Crippen molar-refractivity contribution in [3.05, 3.63) is 65.5 Å². The van der Waals surface area contributed by atoms with Crippen molar-refractivity contribution in [1.29, 1.82) is 0 Å². The smallest absolute Gasteiger partial charge is 0.123 e. The van der Waals surface area contributed by atoms with Gasteiger partial charge in [-0.1, -0.05) is 46.3 Å². The first-order valence-corrected chi connectivity index (χ1v) is 7.78. The van der Waals surface area contributed by atoms with E-state index in [-0.39, 0.29) is 11.9 Å². The molecule has 2 unspecified atom stereocenters. The fraction of sp³-hybridized carbons (Fsp3) is 0.294. The Balaban J connectivity index is 1.56. The summed E-state index contributed by atoms with van der Waals surface area (Å²) < 4.78 is 19.0. The van der Waals surface area contributed by atoms with Crippen LogP contribution in [-0.2, 0) is 6.42 Å². The van der Waals surface area contributed by atoms with Gasteiger partial charge in [-0.05, 0) is 36.6 Å². The van der Waals surface area contributed by atoms with E-state index in [4.69, 9.17) is 4.74 Å². The average Bonchev–Trinajstić information content (AvgIpc) is 2.87. The number of benzene rings is 2. The highest BCUT2D eigenvalue weighted by molar-refractivity contribution is 9.09. The van der Waals surface area contributed by atoms with Gasteiger partial charge >= 0.3 is 0 Å². The largest absolute Gasteiger partial charge is 0.490 e. The van der Waals surface area contributed by atoms with Crippen LogP contribution in [0.3, 0.4) is 0 Å². The lowest BCUT2D eigenvalue weighted by Gasteiger charge is -2.14. The van der Waals surface area contributed by atoms with Crippen LogP contribution in [0.4, 0.5) is 4.39 Å². The molecule has 20 heavy (non-hydrogen) atoms. The molecule has 1 aliphatic heterocycles. The van der Waals surface area contributed by atoms with Crippen LogP contribution < -0.4 is 4.74 Å². The first-order chi connectivity index (χ1) is 9.72. The van der Waals surface area contributed by atoms with Crippen LogP contribution in [0.5, 0.6) is 5.75 Å². The molecule has 0 saturated heterocycles. The third kappa shape index (κ3) is 3.04. The molecule has 0 aliphatic carbocycles. The number of fused-ring (bicyclic) bond motifs is 1. The Labute approximate surface area is 126 Å². The Hall–Kier alpha value is -1.35. The van der Waals surface area contributed by atoms with Crippen molar-refractivity contribution in [1.82, 2.24) is 0 Å². The van der Waals surface area contributed by atoms with Crippen molar-refractivity contribution in [2.45, 2.75) is 30.2 Å². The van der Waals surface area contributed by atoms with Gasteiger partial charge in [0.1, 0.15) is 17.7 Å². The van der Waals surface area contributed by atoms with Gasteiger partial charge in [-0.3, -0.25) is 0 Å². The van der Waals surface area contributed by atoms with Gasteiger partial charge in [0, 0.05) is 16.8 Å². The molecule has 3 rings (SSSR count). The third-order valence-electron chi connectivity index (χ3n) is 3.67. The summed E-state index contributed by atoms with van der Waals surface area (Å²) >= 11 is 3.72. The minimum absolute atomic E-state index is 0.163. The fourth-order valence-electron chi connectivity index (χ4n) is 2.61. The molecule has 0 spiro atoms. The molecule has 104 valence electrons. The summed E-state index contributed by atoms with van der Waals surface area (Å²) in [5, 5.41) is 0. The molecule has 0 saturated carbocycles. The first kappa shape index (κ1) is 13.6. The molecule has 0 N–H and O–H groups in total. The summed E-state index contributed by atoms with van der Waals surface area (Å²) in [7, 11) is 0. The normalized spacial score (nSPS) is 18.4. The predicted molar refractivity (Wildman–Crippen MR) is 81.9 cm³/mol. The maximum absolute atomic E-state index is 13.2. The van der Waals surface area contributed by atoms with Crippen LogP contribution in [0.1, 0.15) is 28.8 Å². The molecule has 2 atom stereocenters. The first-order valence-electron chi connectivity index (χ1n) is 6.86. The number of halogens is 2. The Morgan fingerprint density at radius 3 is 2.80 bits per heavy atom. The van der Waals surface area contributed by atoms with E-state index in [1.54, 1.807) is 12.1 Å². The highest BCUT2D eigenvalue weighted by atomic mass is 79.9. The van der Waals surface area contributed by atoms with Gasteiger partial charge in [0.25, 0.3) is 0 Å². The molecule has 1 nitrogen and oxygen atoms in total. The molecule has 0 amide bonds. The van der Waals surface area contributed by atoms with Crippen molar-refractivity contribution < 1.29 is 9.13 Å². The number of alkyl halides is 1. The SMILES string of the molecule is Fc1ccc2c(c1)CC(CCC(Br)c1ccccc1)O2. The van der Waals surface area contributed by atoms with Crippen molar-refractivity contribution in [2.24, 2.45) is 0 Å². The van der Waals surface area contributed by atoms with Crippen LogP contribution >= 0.6 is 15.9 Å². The Bertz CT molecular complexity index is 585. The topological polar surface area (TPSA) is 9.23 Å². The summed E-state index contributed by atoms with van der Waals surface area (Å²) in [5.41, 5.74) is 2.27. The van der Waals surface area contributed by atoms with Gasteiger partial charge in [-0.2, -0.15) is 0 Å². The molecule has 0 aromatic heterocycles. The molecule has 3 heteroatoms.